The molecule has 0 amide bonds. The van der Waals surface area contributed by atoms with E-state index in [-0.39, 0.29) is 5.97 Å². The van der Waals surface area contributed by atoms with Gasteiger partial charge in [0.2, 0.25) is 0 Å². The average molecular weight is 272 g/mol. The molecule has 0 fully saturated rings. The first-order valence-electron chi connectivity index (χ1n) is 6.17. The van der Waals surface area contributed by atoms with Crippen LogP contribution in [0.25, 0.3) is 0 Å². The molecular formula is C16H16O4. The van der Waals surface area contributed by atoms with E-state index >= 15 is 0 Å². The highest BCUT2D eigenvalue weighted by Gasteiger charge is 2.10. The van der Waals surface area contributed by atoms with Gasteiger partial charge >= 0.3 is 5.97 Å². The van der Waals surface area contributed by atoms with E-state index in [2.05, 4.69) is 0 Å². The number of hydrogen-bond acceptors (Lipinski definition) is 4. The molecular weight excluding hydrogens is 256 g/mol. The lowest BCUT2D eigenvalue weighted by molar-refractivity contribution is 0.0600. The highest BCUT2D eigenvalue weighted by molar-refractivity contribution is 5.89. The first-order chi connectivity index (χ1) is 9.74. The first kappa shape index (κ1) is 13.9. The smallest absolute Gasteiger partial charge is 0.337 e. The van der Waals surface area contributed by atoms with Crippen molar-refractivity contribution in [2.24, 2.45) is 0 Å². The lowest BCUT2D eigenvalue weighted by Gasteiger charge is -2.11. The van der Waals surface area contributed by atoms with Gasteiger partial charge in [0.25, 0.3) is 0 Å². The third-order valence-electron chi connectivity index (χ3n) is 2.84. The van der Waals surface area contributed by atoms with Crippen molar-refractivity contribution in [2.45, 2.75) is 6.61 Å². The largest absolute Gasteiger partial charge is 0.496 e. The van der Waals surface area contributed by atoms with Crippen LogP contribution in [0.15, 0.2) is 48.5 Å². The molecule has 0 bridgehead atoms. The Morgan fingerprint density at radius 1 is 1.05 bits per heavy atom. The van der Waals surface area contributed by atoms with Crippen LogP contribution in [0.4, 0.5) is 0 Å². The fraction of sp³-hybridized carbons (Fsp3) is 0.188. The van der Waals surface area contributed by atoms with Gasteiger partial charge in [0.1, 0.15) is 18.1 Å². The summed E-state index contributed by atoms with van der Waals surface area (Å²) < 4.78 is 15.6. The van der Waals surface area contributed by atoms with E-state index in [4.69, 9.17) is 14.2 Å². The van der Waals surface area contributed by atoms with Crippen molar-refractivity contribution < 1.29 is 19.0 Å². The van der Waals surface area contributed by atoms with Gasteiger partial charge in [-0.3, -0.25) is 0 Å². The van der Waals surface area contributed by atoms with Crippen LogP contribution in [0.1, 0.15) is 15.9 Å². The monoisotopic (exact) mass is 272 g/mol. The maximum atomic E-state index is 11.5. The summed E-state index contributed by atoms with van der Waals surface area (Å²) in [4.78, 5) is 11.5. The number of carbonyl (C=O) groups is 1. The van der Waals surface area contributed by atoms with Gasteiger partial charge in [0, 0.05) is 5.56 Å². The Bertz CT molecular complexity index is 578. The van der Waals surface area contributed by atoms with Crippen molar-refractivity contribution in [1.82, 2.24) is 0 Å². The van der Waals surface area contributed by atoms with Gasteiger partial charge < -0.3 is 14.2 Å². The van der Waals surface area contributed by atoms with Crippen LogP contribution >= 0.6 is 0 Å². The van der Waals surface area contributed by atoms with Crippen LogP contribution in [-0.4, -0.2) is 20.2 Å². The van der Waals surface area contributed by atoms with Crippen LogP contribution in [0.3, 0.4) is 0 Å². The second-order valence-corrected chi connectivity index (χ2v) is 4.12. The Kier molecular flexibility index (Phi) is 4.60. The zero-order valence-electron chi connectivity index (χ0n) is 11.5. The molecule has 0 heterocycles. The molecule has 2 rings (SSSR count). The summed E-state index contributed by atoms with van der Waals surface area (Å²) in [7, 11) is 2.94. The number of para-hydroxylation sites is 1. The van der Waals surface area contributed by atoms with Gasteiger partial charge in [-0.2, -0.15) is 0 Å². The van der Waals surface area contributed by atoms with Crippen LogP contribution in [-0.2, 0) is 11.3 Å². The molecule has 0 unspecified atom stereocenters. The fourth-order valence-electron chi connectivity index (χ4n) is 1.81. The predicted molar refractivity (Wildman–Crippen MR) is 75.1 cm³/mol. The summed E-state index contributed by atoms with van der Waals surface area (Å²) in [5.74, 6) is 1.06. The third kappa shape index (κ3) is 3.29. The van der Waals surface area contributed by atoms with Gasteiger partial charge in [0.05, 0.1) is 19.8 Å². The predicted octanol–water partition coefficient (Wildman–Crippen LogP) is 3.06. The molecule has 0 atom stereocenters. The molecule has 4 heteroatoms. The van der Waals surface area contributed by atoms with E-state index in [9.17, 15) is 4.79 Å². The van der Waals surface area contributed by atoms with Gasteiger partial charge in [-0.05, 0) is 30.3 Å². The van der Waals surface area contributed by atoms with Crippen LogP contribution < -0.4 is 9.47 Å². The molecule has 2 aromatic rings. The van der Waals surface area contributed by atoms with Crippen molar-refractivity contribution in [3.05, 3.63) is 59.7 Å². The van der Waals surface area contributed by atoms with E-state index in [0.29, 0.717) is 17.9 Å². The van der Waals surface area contributed by atoms with E-state index in [1.807, 2.05) is 30.3 Å². The third-order valence-corrected chi connectivity index (χ3v) is 2.84. The van der Waals surface area contributed by atoms with Crippen LogP contribution in [0.2, 0.25) is 0 Å². The summed E-state index contributed by atoms with van der Waals surface area (Å²) in [5, 5.41) is 0. The second kappa shape index (κ2) is 6.61. The number of benzene rings is 2. The Labute approximate surface area is 117 Å². The van der Waals surface area contributed by atoms with Gasteiger partial charge in [-0.1, -0.05) is 18.2 Å². The molecule has 0 radical (unpaired) electrons. The van der Waals surface area contributed by atoms with Crippen molar-refractivity contribution in [3.63, 3.8) is 0 Å². The van der Waals surface area contributed by atoms with Crippen molar-refractivity contribution in [1.29, 1.82) is 0 Å². The number of carbonyl (C=O) groups excluding carboxylic acids is 1. The molecule has 0 aliphatic rings. The summed E-state index contributed by atoms with van der Waals surface area (Å²) in [5.41, 5.74) is 1.26. The Morgan fingerprint density at radius 3 is 2.45 bits per heavy atom. The normalized spacial score (nSPS) is 9.90. The molecule has 2 aromatic carbocycles. The van der Waals surface area contributed by atoms with E-state index < -0.39 is 0 Å². The van der Waals surface area contributed by atoms with Gasteiger partial charge in [-0.25, -0.2) is 4.79 Å². The summed E-state index contributed by atoms with van der Waals surface area (Å²) in [6.45, 7) is 0.317. The molecule has 0 spiro atoms. The van der Waals surface area contributed by atoms with Crippen molar-refractivity contribution in [3.8, 4) is 11.5 Å². The minimum absolute atomic E-state index is 0.317. The zero-order valence-corrected chi connectivity index (χ0v) is 11.5. The Hall–Kier alpha value is -2.49. The Balaban J connectivity index is 2.18. The first-order valence-corrected chi connectivity index (χ1v) is 6.17. The summed E-state index contributed by atoms with van der Waals surface area (Å²) in [6.07, 6.45) is 0. The molecule has 0 saturated heterocycles. The fourth-order valence-corrected chi connectivity index (χ4v) is 1.81. The van der Waals surface area contributed by atoms with Crippen molar-refractivity contribution >= 4 is 5.97 Å². The maximum Gasteiger partial charge on any atom is 0.337 e. The minimum Gasteiger partial charge on any atom is -0.496 e. The number of esters is 1. The molecule has 4 nitrogen and oxygen atoms in total. The molecule has 0 aliphatic heterocycles. The lowest BCUT2D eigenvalue weighted by atomic mass is 10.1. The molecule has 0 aromatic heterocycles. The van der Waals surface area contributed by atoms with Gasteiger partial charge in [-0.15, -0.1) is 0 Å². The Morgan fingerprint density at radius 2 is 1.80 bits per heavy atom. The quantitative estimate of drug-likeness (QED) is 0.785. The molecule has 0 saturated carbocycles. The van der Waals surface area contributed by atoms with E-state index in [0.717, 1.165) is 11.3 Å². The van der Waals surface area contributed by atoms with Crippen LogP contribution in [0, 0.1) is 0 Å². The van der Waals surface area contributed by atoms with Crippen molar-refractivity contribution in [2.75, 3.05) is 14.2 Å². The highest BCUT2D eigenvalue weighted by atomic mass is 16.5. The second-order valence-electron chi connectivity index (χ2n) is 4.12. The molecule has 0 N–H and O–H groups in total. The molecule has 104 valence electrons. The topological polar surface area (TPSA) is 44.8 Å². The van der Waals surface area contributed by atoms with Gasteiger partial charge in [0.15, 0.2) is 0 Å². The summed E-state index contributed by atoms with van der Waals surface area (Å²) in [6, 6.07) is 14.6. The molecule has 20 heavy (non-hydrogen) atoms. The summed E-state index contributed by atoms with van der Waals surface area (Å²) >= 11 is 0. The van der Waals surface area contributed by atoms with E-state index in [1.165, 1.54) is 7.11 Å². The van der Waals surface area contributed by atoms with E-state index in [1.54, 1.807) is 25.3 Å². The van der Waals surface area contributed by atoms with Crippen LogP contribution in [0.5, 0.6) is 11.5 Å². The zero-order chi connectivity index (χ0) is 14.4. The number of methoxy groups -OCH3 is 2. The molecule has 0 aliphatic carbocycles. The number of ether oxygens (including phenoxy) is 3. The SMILES string of the molecule is COC(=O)c1ccc(OC)c(COc2ccccc2)c1. The average Bonchev–Trinajstić information content (AvgIpc) is 2.52. The standard InChI is InChI=1S/C16H16O4/c1-18-15-9-8-12(16(17)19-2)10-13(15)11-20-14-6-4-3-5-7-14/h3-10H,11H2,1-2H3. The highest BCUT2D eigenvalue weighted by Crippen LogP contribution is 2.22. The maximum absolute atomic E-state index is 11.5. The number of hydrogen-bond donors (Lipinski definition) is 0. The minimum atomic E-state index is -0.381. The lowest BCUT2D eigenvalue weighted by Crippen LogP contribution is -2.05. The number of rotatable bonds is 5.